The van der Waals surface area contributed by atoms with Crippen LogP contribution in [0.3, 0.4) is 0 Å². The van der Waals surface area contributed by atoms with Crippen LogP contribution in [-0.4, -0.2) is 12.5 Å². The third-order valence-electron chi connectivity index (χ3n) is 3.73. The van der Waals surface area contributed by atoms with Gasteiger partial charge in [-0.3, -0.25) is 4.79 Å². The van der Waals surface area contributed by atoms with Crippen molar-refractivity contribution in [1.29, 1.82) is 0 Å². The highest BCUT2D eigenvalue weighted by Crippen LogP contribution is 2.50. The van der Waals surface area contributed by atoms with Crippen molar-refractivity contribution in [2.45, 2.75) is 27.2 Å². The fourth-order valence-corrected chi connectivity index (χ4v) is 2.12. The fourth-order valence-electron chi connectivity index (χ4n) is 2.12. The summed E-state index contributed by atoms with van der Waals surface area (Å²) in [4.78, 5) is 12.0. The zero-order chi connectivity index (χ0) is 12.6. The van der Waals surface area contributed by atoms with Gasteiger partial charge < -0.3 is 11.1 Å². The predicted molar refractivity (Wildman–Crippen MR) is 69.8 cm³/mol. The van der Waals surface area contributed by atoms with E-state index in [0.29, 0.717) is 22.6 Å². The molecule has 17 heavy (non-hydrogen) atoms. The van der Waals surface area contributed by atoms with Gasteiger partial charge in [-0.1, -0.05) is 19.9 Å². The number of carbonyl (C=O) groups excluding carboxylic acids is 1. The van der Waals surface area contributed by atoms with E-state index < -0.39 is 0 Å². The van der Waals surface area contributed by atoms with E-state index in [1.54, 1.807) is 6.07 Å². The van der Waals surface area contributed by atoms with E-state index in [9.17, 15) is 4.79 Å². The van der Waals surface area contributed by atoms with Gasteiger partial charge in [-0.05, 0) is 42.4 Å². The summed E-state index contributed by atoms with van der Waals surface area (Å²) < 4.78 is 0. The van der Waals surface area contributed by atoms with Crippen molar-refractivity contribution in [2.24, 2.45) is 11.3 Å². The van der Waals surface area contributed by atoms with E-state index in [0.717, 1.165) is 12.1 Å². The standard InChI is InChI=1S/C14H20N2O/c1-9-4-5-11(15)6-12(9)13(17)16-8-10-7-14(10,2)3/h4-6,10H,7-8,15H2,1-3H3,(H,16,17). The van der Waals surface area contributed by atoms with Crippen LogP contribution in [0, 0.1) is 18.3 Å². The van der Waals surface area contributed by atoms with E-state index in [1.165, 1.54) is 6.42 Å². The summed E-state index contributed by atoms with van der Waals surface area (Å²) in [6.45, 7) is 7.15. The second-order valence-electron chi connectivity index (χ2n) is 5.67. The van der Waals surface area contributed by atoms with Gasteiger partial charge in [0.1, 0.15) is 0 Å². The molecule has 0 heterocycles. The molecule has 1 atom stereocenters. The molecule has 1 unspecified atom stereocenters. The number of anilines is 1. The number of hydrogen-bond donors (Lipinski definition) is 2. The summed E-state index contributed by atoms with van der Waals surface area (Å²) in [7, 11) is 0. The first-order chi connectivity index (χ1) is 7.90. The maximum Gasteiger partial charge on any atom is 0.251 e. The largest absolute Gasteiger partial charge is 0.399 e. The lowest BCUT2D eigenvalue weighted by Gasteiger charge is -2.09. The second-order valence-corrected chi connectivity index (χ2v) is 5.67. The Kier molecular flexibility index (Phi) is 2.86. The molecule has 0 spiro atoms. The molecule has 0 aromatic heterocycles. The quantitative estimate of drug-likeness (QED) is 0.786. The number of nitrogens with two attached hydrogens (primary N) is 1. The predicted octanol–water partition coefficient (Wildman–Crippen LogP) is 2.35. The third kappa shape index (κ3) is 2.60. The topological polar surface area (TPSA) is 55.1 Å². The Bertz CT molecular complexity index is 452. The average Bonchev–Trinajstić information content (AvgIpc) is 2.87. The Balaban J connectivity index is 1.98. The van der Waals surface area contributed by atoms with Gasteiger partial charge in [0.2, 0.25) is 0 Å². The van der Waals surface area contributed by atoms with Gasteiger partial charge in [0.05, 0.1) is 0 Å². The van der Waals surface area contributed by atoms with Gasteiger partial charge in [0, 0.05) is 17.8 Å². The number of rotatable bonds is 3. The molecule has 3 N–H and O–H groups in total. The van der Waals surface area contributed by atoms with Crippen molar-refractivity contribution in [2.75, 3.05) is 12.3 Å². The number of nitrogen functional groups attached to an aromatic ring is 1. The first-order valence-corrected chi connectivity index (χ1v) is 6.04. The number of nitrogens with one attached hydrogen (secondary N) is 1. The first kappa shape index (κ1) is 12.0. The van der Waals surface area contributed by atoms with Gasteiger partial charge in [-0.2, -0.15) is 0 Å². The Hall–Kier alpha value is -1.51. The van der Waals surface area contributed by atoms with E-state index in [2.05, 4.69) is 19.2 Å². The first-order valence-electron chi connectivity index (χ1n) is 6.04. The van der Waals surface area contributed by atoms with Crippen LogP contribution in [-0.2, 0) is 0 Å². The van der Waals surface area contributed by atoms with Crippen LogP contribution in [0.2, 0.25) is 0 Å². The average molecular weight is 232 g/mol. The van der Waals surface area contributed by atoms with Gasteiger partial charge in [-0.15, -0.1) is 0 Å². The molecule has 1 amide bonds. The highest BCUT2D eigenvalue weighted by atomic mass is 16.1. The number of benzene rings is 1. The zero-order valence-corrected chi connectivity index (χ0v) is 10.7. The molecule has 0 bridgehead atoms. The van der Waals surface area contributed by atoms with E-state index in [4.69, 9.17) is 5.73 Å². The Morgan fingerprint density at radius 1 is 1.53 bits per heavy atom. The summed E-state index contributed by atoms with van der Waals surface area (Å²) in [5.41, 5.74) is 8.38. The third-order valence-corrected chi connectivity index (χ3v) is 3.73. The van der Waals surface area contributed by atoms with Gasteiger partial charge in [-0.25, -0.2) is 0 Å². The SMILES string of the molecule is Cc1ccc(N)cc1C(=O)NCC1CC1(C)C. The monoisotopic (exact) mass is 232 g/mol. The molecule has 2 rings (SSSR count). The molecule has 1 saturated carbocycles. The molecule has 0 saturated heterocycles. The lowest BCUT2D eigenvalue weighted by Crippen LogP contribution is -2.27. The van der Waals surface area contributed by atoms with Crippen LogP contribution in [0.25, 0.3) is 0 Å². The van der Waals surface area contributed by atoms with Gasteiger partial charge in [0.25, 0.3) is 5.91 Å². The van der Waals surface area contributed by atoms with Crippen LogP contribution in [0.1, 0.15) is 36.2 Å². The van der Waals surface area contributed by atoms with Gasteiger partial charge in [0.15, 0.2) is 0 Å². The Morgan fingerprint density at radius 2 is 2.18 bits per heavy atom. The summed E-state index contributed by atoms with van der Waals surface area (Å²) in [6, 6.07) is 5.43. The molecule has 3 nitrogen and oxygen atoms in total. The lowest BCUT2D eigenvalue weighted by molar-refractivity contribution is 0.0950. The minimum atomic E-state index is -0.0162. The second kappa shape index (κ2) is 4.06. The fraction of sp³-hybridized carbons (Fsp3) is 0.500. The molecular weight excluding hydrogens is 212 g/mol. The minimum Gasteiger partial charge on any atom is -0.399 e. The molecule has 92 valence electrons. The van der Waals surface area contributed by atoms with Crippen LogP contribution < -0.4 is 11.1 Å². The number of aryl methyl sites for hydroxylation is 1. The van der Waals surface area contributed by atoms with Gasteiger partial charge >= 0.3 is 0 Å². The highest BCUT2D eigenvalue weighted by molar-refractivity contribution is 5.96. The van der Waals surface area contributed by atoms with Crippen molar-refractivity contribution in [3.05, 3.63) is 29.3 Å². The molecule has 1 aromatic rings. The normalized spacial score (nSPS) is 21.0. The molecule has 1 fully saturated rings. The molecular formula is C14H20N2O. The minimum absolute atomic E-state index is 0.0162. The van der Waals surface area contributed by atoms with Crippen LogP contribution in [0.15, 0.2) is 18.2 Å². The van der Waals surface area contributed by atoms with Crippen LogP contribution >= 0.6 is 0 Å². The lowest BCUT2D eigenvalue weighted by atomic mass is 10.1. The molecule has 3 heteroatoms. The smallest absolute Gasteiger partial charge is 0.251 e. The molecule has 0 aliphatic heterocycles. The van der Waals surface area contributed by atoms with E-state index >= 15 is 0 Å². The summed E-state index contributed by atoms with van der Waals surface area (Å²) >= 11 is 0. The summed E-state index contributed by atoms with van der Waals surface area (Å²) in [5.74, 6) is 0.602. The van der Waals surface area contributed by atoms with E-state index in [-0.39, 0.29) is 5.91 Å². The zero-order valence-electron chi connectivity index (χ0n) is 10.7. The highest BCUT2D eigenvalue weighted by Gasteiger charge is 2.45. The number of hydrogen-bond acceptors (Lipinski definition) is 2. The van der Waals surface area contributed by atoms with Crippen LogP contribution in [0.5, 0.6) is 0 Å². The number of amides is 1. The Morgan fingerprint density at radius 3 is 2.76 bits per heavy atom. The number of carbonyl (C=O) groups is 1. The Labute approximate surface area is 102 Å². The van der Waals surface area contributed by atoms with Crippen molar-refractivity contribution < 1.29 is 4.79 Å². The maximum atomic E-state index is 12.0. The van der Waals surface area contributed by atoms with Crippen molar-refractivity contribution in [3.63, 3.8) is 0 Å². The summed E-state index contributed by atoms with van der Waals surface area (Å²) in [6.07, 6.45) is 1.20. The summed E-state index contributed by atoms with van der Waals surface area (Å²) in [5, 5.41) is 2.99. The molecule has 1 aliphatic rings. The molecule has 1 aromatic carbocycles. The molecule has 0 radical (unpaired) electrons. The molecule has 1 aliphatic carbocycles. The van der Waals surface area contributed by atoms with Crippen molar-refractivity contribution in [1.82, 2.24) is 5.32 Å². The van der Waals surface area contributed by atoms with Crippen molar-refractivity contribution >= 4 is 11.6 Å². The van der Waals surface area contributed by atoms with Crippen molar-refractivity contribution in [3.8, 4) is 0 Å². The van der Waals surface area contributed by atoms with Crippen LogP contribution in [0.4, 0.5) is 5.69 Å². The maximum absolute atomic E-state index is 12.0. The van der Waals surface area contributed by atoms with E-state index in [1.807, 2.05) is 19.1 Å².